The maximum absolute atomic E-state index is 11.8. The molecule has 0 aliphatic carbocycles. The monoisotopic (exact) mass is 233 g/mol. The molecule has 1 aliphatic rings. The van der Waals surface area contributed by atoms with Crippen LogP contribution >= 0.6 is 0 Å². The van der Waals surface area contributed by atoms with Crippen molar-refractivity contribution in [1.29, 1.82) is 0 Å². The summed E-state index contributed by atoms with van der Waals surface area (Å²) in [7, 11) is 0. The van der Waals surface area contributed by atoms with Crippen LogP contribution in [0.2, 0.25) is 0 Å². The number of hydrogen-bond acceptors (Lipinski definition) is 3. The Labute approximate surface area is 92.8 Å². The Morgan fingerprint density at radius 2 is 1.67 bits per heavy atom. The Bertz CT molecular complexity index is 267. The minimum Gasteiger partial charge on any atom is -0.760 e. The van der Waals surface area contributed by atoms with Gasteiger partial charge in [0.05, 0.1) is 0 Å². The third kappa shape index (κ3) is 3.25. The van der Waals surface area contributed by atoms with Gasteiger partial charge in [0.15, 0.2) is 0 Å². The predicted octanol–water partition coefficient (Wildman–Crippen LogP) is -0.0292. The average molecular weight is 233 g/mol. The van der Waals surface area contributed by atoms with E-state index in [4.69, 9.17) is 0 Å². The number of amides is 1. The Kier molecular flexibility index (Phi) is 3.86. The first-order valence-electron chi connectivity index (χ1n) is 4.96. The zero-order valence-corrected chi connectivity index (χ0v) is 10.2. The van der Waals surface area contributed by atoms with Crippen molar-refractivity contribution < 1.29 is 13.6 Å². The van der Waals surface area contributed by atoms with E-state index in [0.29, 0.717) is 26.2 Å². The van der Waals surface area contributed by atoms with Crippen molar-refractivity contribution in [3.05, 3.63) is 0 Å². The van der Waals surface area contributed by atoms with Crippen molar-refractivity contribution in [3.8, 4) is 0 Å². The largest absolute Gasteiger partial charge is 0.760 e. The lowest BCUT2D eigenvalue weighted by molar-refractivity contribution is -0.140. The summed E-state index contributed by atoms with van der Waals surface area (Å²) < 4.78 is 22.6. The van der Waals surface area contributed by atoms with E-state index in [-0.39, 0.29) is 5.91 Å². The van der Waals surface area contributed by atoms with Gasteiger partial charge in [0.25, 0.3) is 0 Å². The molecule has 6 heteroatoms. The van der Waals surface area contributed by atoms with Crippen molar-refractivity contribution in [2.24, 2.45) is 5.41 Å². The van der Waals surface area contributed by atoms with Crippen LogP contribution in [0.15, 0.2) is 0 Å². The predicted molar refractivity (Wildman–Crippen MR) is 56.5 cm³/mol. The molecule has 1 heterocycles. The second-order valence-corrected chi connectivity index (χ2v) is 5.64. The van der Waals surface area contributed by atoms with Gasteiger partial charge in [-0.15, -0.1) is 0 Å². The van der Waals surface area contributed by atoms with E-state index in [1.807, 2.05) is 20.8 Å². The zero-order valence-electron chi connectivity index (χ0n) is 9.36. The van der Waals surface area contributed by atoms with E-state index in [1.54, 1.807) is 4.90 Å². The van der Waals surface area contributed by atoms with Crippen molar-refractivity contribution in [2.75, 3.05) is 26.2 Å². The molecule has 0 radical (unpaired) electrons. The van der Waals surface area contributed by atoms with Crippen LogP contribution in [0.5, 0.6) is 0 Å². The van der Waals surface area contributed by atoms with Gasteiger partial charge in [0.1, 0.15) is 0 Å². The lowest BCUT2D eigenvalue weighted by atomic mass is 9.94. The number of hydrogen-bond donors (Lipinski definition) is 0. The number of rotatable bonds is 1. The van der Waals surface area contributed by atoms with Crippen LogP contribution in [0.4, 0.5) is 0 Å². The molecule has 15 heavy (non-hydrogen) atoms. The lowest BCUT2D eigenvalue weighted by Crippen LogP contribution is -2.51. The fourth-order valence-corrected chi connectivity index (χ4v) is 1.98. The van der Waals surface area contributed by atoms with Gasteiger partial charge in [-0.05, 0) is 0 Å². The third-order valence-electron chi connectivity index (χ3n) is 2.38. The van der Waals surface area contributed by atoms with Crippen molar-refractivity contribution >= 4 is 17.2 Å². The smallest absolute Gasteiger partial charge is 0.228 e. The van der Waals surface area contributed by atoms with Gasteiger partial charge in [-0.25, -0.2) is 4.31 Å². The van der Waals surface area contributed by atoms with Gasteiger partial charge in [-0.2, -0.15) is 0 Å². The molecule has 1 rings (SSSR count). The topological polar surface area (TPSA) is 63.7 Å². The van der Waals surface area contributed by atoms with E-state index in [1.165, 1.54) is 4.31 Å². The number of carbonyl (C=O) groups is 1. The van der Waals surface area contributed by atoms with E-state index >= 15 is 0 Å². The van der Waals surface area contributed by atoms with Crippen LogP contribution in [0, 0.1) is 5.41 Å². The van der Waals surface area contributed by atoms with Crippen LogP contribution < -0.4 is 0 Å². The molecule has 0 N–H and O–H groups in total. The van der Waals surface area contributed by atoms with Gasteiger partial charge in [-0.3, -0.25) is 9.00 Å². The van der Waals surface area contributed by atoms with Crippen molar-refractivity contribution in [1.82, 2.24) is 9.21 Å². The summed E-state index contributed by atoms with van der Waals surface area (Å²) >= 11 is -2.16. The molecule has 0 bridgehead atoms. The molecule has 1 amide bonds. The summed E-state index contributed by atoms with van der Waals surface area (Å²) in [6.07, 6.45) is 0. The maximum atomic E-state index is 11.8. The summed E-state index contributed by atoms with van der Waals surface area (Å²) in [4.78, 5) is 13.6. The third-order valence-corrected chi connectivity index (χ3v) is 3.17. The highest BCUT2D eigenvalue weighted by Gasteiger charge is 2.29. The van der Waals surface area contributed by atoms with Gasteiger partial charge < -0.3 is 9.45 Å². The van der Waals surface area contributed by atoms with Gasteiger partial charge >= 0.3 is 0 Å². The molecular weight excluding hydrogens is 216 g/mol. The first kappa shape index (κ1) is 12.6. The Morgan fingerprint density at radius 1 is 1.20 bits per heavy atom. The second-order valence-electron chi connectivity index (χ2n) is 4.69. The van der Waals surface area contributed by atoms with Gasteiger partial charge in [0, 0.05) is 42.9 Å². The molecule has 0 spiro atoms. The molecule has 0 aromatic carbocycles. The Hall–Kier alpha value is -0.460. The number of piperazine rings is 1. The van der Waals surface area contributed by atoms with E-state index in [0.717, 1.165) is 0 Å². The van der Waals surface area contributed by atoms with Crippen LogP contribution in [0.1, 0.15) is 20.8 Å². The minimum absolute atomic E-state index is 0.0823. The first-order valence-corrected chi connectivity index (χ1v) is 5.99. The average Bonchev–Trinajstić information content (AvgIpc) is 2.15. The fourth-order valence-electron chi connectivity index (χ4n) is 1.51. The lowest BCUT2D eigenvalue weighted by Gasteiger charge is -2.37. The normalized spacial score (nSPS) is 21.5. The summed E-state index contributed by atoms with van der Waals surface area (Å²) in [6.45, 7) is 7.39. The van der Waals surface area contributed by atoms with E-state index in [9.17, 15) is 13.6 Å². The molecule has 1 atom stereocenters. The Morgan fingerprint density at radius 3 is 2.00 bits per heavy atom. The van der Waals surface area contributed by atoms with Gasteiger partial charge in [0.2, 0.25) is 5.91 Å². The molecule has 5 nitrogen and oxygen atoms in total. The molecule has 0 aromatic heterocycles. The van der Waals surface area contributed by atoms with Crippen LogP contribution in [-0.2, 0) is 16.1 Å². The molecular formula is C9H17N2O3S-. The quantitative estimate of drug-likeness (QED) is 0.597. The van der Waals surface area contributed by atoms with Gasteiger partial charge in [-0.1, -0.05) is 20.8 Å². The van der Waals surface area contributed by atoms with Crippen LogP contribution in [0.3, 0.4) is 0 Å². The molecule has 1 aliphatic heterocycles. The first-order chi connectivity index (χ1) is 6.82. The molecule has 1 unspecified atom stereocenters. The highest BCUT2D eigenvalue weighted by Crippen LogP contribution is 2.18. The Balaban J connectivity index is 2.51. The maximum Gasteiger partial charge on any atom is 0.228 e. The summed E-state index contributed by atoms with van der Waals surface area (Å²) in [5.74, 6) is 0.0823. The summed E-state index contributed by atoms with van der Waals surface area (Å²) in [5.41, 5.74) is -0.390. The van der Waals surface area contributed by atoms with Crippen LogP contribution in [0.25, 0.3) is 0 Å². The molecule has 0 aromatic rings. The number of nitrogens with zero attached hydrogens (tertiary/aromatic N) is 2. The molecule has 88 valence electrons. The SMILES string of the molecule is CC(C)(C)C(=O)N1CCN(S(=O)[O-])CC1. The standard InChI is InChI=1S/C9H18N2O3S/c1-9(2,3)8(12)10-4-6-11(7-5-10)15(13)14/h4-7H2,1-3H3,(H,13,14)/p-1. The highest BCUT2D eigenvalue weighted by atomic mass is 32.2. The van der Waals surface area contributed by atoms with E-state index in [2.05, 4.69) is 0 Å². The van der Waals surface area contributed by atoms with E-state index < -0.39 is 16.7 Å². The van der Waals surface area contributed by atoms with Crippen molar-refractivity contribution in [2.45, 2.75) is 20.8 Å². The highest BCUT2D eigenvalue weighted by molar-refractivity contribution is 7.76. The number of carbonyl (C=O) groups excluding carboxylic acids is 1. The second kappa shape index (κ2) is 4.59. The van der Waals surface area contributed by atoms with Crippen molar-refractivity contribution in [3.63, 3.8) is 0 Å². The summed E-state index contributed by atoms with van der Waals surface area (Å²) in [5, 5.41) is 0. The van der Waals surface area contributed by atoms with Crippen LogP contribution in [-0.4, -0.2) is 50.1 Å². The molecule has 1 saturated heterocycles. The molecule has 1 fully saturated rings. The summed E-state index contributed by atoms with van der Waals surface area (Å²) in [6, 6.07) is 0. The fraction of sp³-hybridized carbons (Fsp3) is 0.889. The zero-order chi connectivity index (χ0) is 11.6. The molecule has 0 saturated carbocycles. The minimum atomic E-state index is -2.16.